The van der Waals surface area contributed by atoms with Crippen molar-refractivity contribution in [2.75, 3.05) is 7.05 Å². The predicted octanol–water partition coefficient (Wildman–Crippen LogP) is 5.27. The number of rotatable bonds is 8. The average molecular weight is 438 g/mol. The molecule has 0 saturated heterocycles. The Balaban J connectivity index is 0.000000346. The van der Waals surface area contributed by atoms with Gasteiger partial charge in [-0.1, -0.05) is 39.8 Å². The molecule has 0 saturated carbocycles. The molecule has 0 aliphatic carbocycles. The first kappa shape index (κ1) is 26.1. The van der Waals surface area contributed by atoms with Gasteiger partial charge in [-0.15, -0.1) is 0 Å². The van der Waals surface area contributed by atoms with Crippen molar-refractivity contribution in [3.63, 3.8) is 0 Å². The van der Waals surface area contributed by atoms with E-state index < -0.39 is 12.3 Å². The third-order valence-corrected chi connectivity index (χ3v) is 5.17. The van der Waals surface area contributed by atoms with Crippen LogP contribution in [0.3, 0.4) is 0 Å². The molecule has 30 heavy (non-hydrogen) atoms. The zero-order valence-electron chi connectivity index (χ0n) is 18.3. The quantitative estimate of drug-likeness (QED) is 0.491. The lowest BCUT2D eigenvalue weighted by atomic mass is 9.85. The molecule has 0 aromatic heterocycles. The maximum Gasteiger partial charge on any atom is 0.263 e. The first-order chi connectivity index (χ1) is 14.1. The Hall–Kier alpha value is -1.96. The van der Waals surface area contributed by atoms with Crippen LogP contribution < -0.4 is 16.2 Å². The van der Waals surface area contributed by atoms with Crippen molar-refractivity contribution in [2.45, 2.75) is 63.8 Å². The highest BCUT2D eigenvalue weighted by Gasteiger charge is 2.20. The summed E-state index contributed by atoms with van der Waals surface area (Å²) >= 11 is 1.28. The molecule has 1 amide bonds. The zero-order chi connectivity index (χ0) is 22.8. The van der Waals surface area contributed by atoms with E-state index in [0.29, 0.717) is 0 Å². The number of alkyl halides is 2. The van der Waals surface area contributed by atoms with Crippen LogP contribution in [0.25, 0.3) is 0 Å². The molecule has 0 aliphatic rings. The van der Waals surface area contributed by atoms with E-state index in [1.807, 2.05) is 46.9 Å². The van der Waals surface area contributed by atoms with Gasteiger partial charge in [0.25, 0.3) is 6.43 Å². The molecule has 0 spiro atoms. The molecular weight excluding hydrogens is 404 g/mol. The summed E-state index contributed by atoms with van der Waals surface area (Å²) in [7, 11) is 1.94. The number of benzene rings is 2. The van der Waals surface area contributed by atoms with Crippen LogP contribution in [-0.4, -0.2) is 13.0 Å². The monoisotopic (exact) mass is 437 g/mol. The van der Waals surface area contributed by atoms with Gasteiger partial charge in [0.05, 0.1) is 6.42 Å². The third-order valence-electron chi connectivity index (χ3n) is 4.63. The second-order valence-electron chi connectivity index (χ2n) is 7.72. The summed E-state index contributed by atoms with van der Waals surface area (Å²) in [5.74, 6) is -0.287. The summed E-state index contributed by atoms with van der Waals surface area (Å²) in [6, 6.07) is 11.2. The molecule has 2 rings (SSSR count). The zero-order valence-corrected chi connectivity index (χ0v) is 19.2. The van der Waals surface area contributed by atoms with Crippen molar-refractivity contribution in [3.05, 3.63) is 64.2 Å². The van der Waals surface area contributed by atoms with Crippen LogP contribution in [0.2, 0.25) is 0 Å². The smallest absolute Gasteiger partial charge is 0.263 e. The molecule has 0 unspecified atom stereocenters. The van der Waals surface area contributed by atoms with Crippen molar-refractivity contribution in [3.8, 4) is 0 Å². The van der Waals surface area contributed by atoms with Crippen molar-refractivity contribution >= 4 is 17.9 Å². The summed E-state index contributed by atoms with van der Waals surface area (Å²) in [4.78, 5) is 12.3. The Labute approximate surface area is 182 Å². The second kappa shape index (κ2) is 12.7. The predicted molar refractivity (Wildman–Crippen MR) is 122 cm³/mol. The van der Waals surface area contributed by atoms with Gasteiger partial charge in [-0.3, -0.25) is 9.93 Å². The van der Waals surface area contributed by atoms with Gasteiger partial charge in [0, 0.05) is 17.0 Å². The van der Waals surface area contributed by atoms with E-state index in [4.69, 9.17) is 10.9 Å². The minimum absolute atomic E-state index is 0.0145. The number of hydrogen-bond acceptors (Lipinski definition) is 4. The van der Waals surface area contributed by atoms with Crippen LogP contribution in [0.15, 0.2) is 41.3 Å². The number of carbonyl (C=O) groups is 1. The number of primary amides is 1. The van der Waals surface area contributed by atoms with Gasteiger partial charge < -0.3 is 11.1 Å². The minimum Gasteiger partial charge on any atom is -0.369 e. The Morgan fingerprint density at radius 1 is 1.03 bits per heavy atom. The molecule has 0 atom stereocenters. The Kier molecular flexibility index (Phi) is 11.0. The number of carbonyl (C=O) groups excluding carboxylic acids is 1. The molecule has 4 nitrogen and oxygen atoms in total. The van der Waals surface area contributed by atoms with Gasteiger partial charge in [-0.25, -0.2) is 8.78 Å². The average Bonchev–Trinajstić information content (AvgIpc) is 2.68. The van der Waals surface area contributed by atoms with E-state index >= 15 is 0 Å². The van der Waals surface area contributed by atoms with E-state index in [-0.39, 0.29) is 23.8 Å². The van der Waals surface area contributed by atoms with Gasteiger partial charge in [0.15, 0.2) is 0 Å². The van der Waals surface area contributed by atoms with Crippen LogP contribution in [0.4, 0.5) is 8.78 Å². The van der Waals surface area contributed by atoms with Crippen molar-refractivity contribution in [1.82, 2.24) is 5.32 Å². The molecule has 0 bridgehead atoms. The number of nitrogens with one attached hydrogen (secondary N) is 1. The van der Waals surface area contributed by atoms with Gasteiger partial charge >= 0.3 is 0 Å². The fourth-order valence-electron chi connectivity index (χ4n) is 3.17. The van der Waals surface area contributed by atoms with Crippen LogP contribution in [0, 0.1) is 0 Å². The topological polar surface area (TPSA) is 81.1 Å². The maximum absolute atomic E-state index is 13.0. The molecule has 5 N–H and O–H groups in total. The Bertz CT molecular complexity index is 780. The highest BCUT2D eigenvalue weighted by atomic mass is 32.2. The van der Waals surface area contributed by atoms with Gasteiger partial charge in [0.2, 0.25) is 5.91 Å². The SMILES string of the molecule is CC(C)c1cc(C(F)F)cc(C(C)C)c1CC(N)=O.CNCc1ccc(SN)cc1. The second-order valence-corrected chi connectivity index (χ2v) is 8.43. The molecule has 166 valence electrons. The number of nitrogens with two attached hydrogens (primary N) is 2. The summed E-state index contributed by atoms with van der Waals surface area (Å²) in [6.07, 6.45) is -2.40. The molecule has 2 aromatic rings. The van der Waals surface area contributed by atoms with Gasteiger partial charge in [-0.2, -0.15) is 0 Å². The van der Waals surface area contributed by atoms with E-state index in [9.17, 15) is 13.6 Å². The Morgan fingerprint density at radius 2 is 1.53 bits per heavy atom. The number of amides is 1. The van der Waals surface area contributed by atoms with Crippen molar-refractivity contribution in [1.29, 1.82) is 0 Å². The van der Waals surface area contributed by atoms with Crippen molar-refractivity contribution in [2.24, 2.45) is 10.9 Å². The van der Waals surface area contributed by atoms with Crippen LogP contribution in [0.1, 0.15) is 73.8 Å². The molecule has 7 heteroatoms. The summed E-state index contributed by atoms with van der Waals surface area (Å²) < 4.78 is 25.9. The number of halogens is 2. The van der Waals surface area contributed by atoms with Crippen LogP contribution in [-0.2, 0) is 17.8 Å². The van der Waals surface area contributed by atoms with Crippen LogP contribution in [0.5, 0.6) is 0 Å². The lowest BCUT2D eigenvalue weighted by molar-refractivity contribution is -0.117. The summed E-state index contributed by atoms with van der Waals surface area (Å²) in [5, 5.41) is 8.46. The fourth-order valence-corrected chi connectivity index (χ4v) is 3.46. The lowest BCUT2D eigenvalue weighted by Gasteiger charge is -2.20. The van der Waals surface area contributed by atoms with E-state index in [1.54, 1.807) is 0 Å². The maximum atomic E-state index is 13.0. The molecule has 0 heterocycles. The lowest BCUT2D eigenvalue weighted by Crippen LogP contribution is -2.17. The van der Waals surface area contributed by atoms with E-state index in [0.717, 1.165) is 28.1 Å². The third kappa shape index (κ3) is 8.05. The highest BCUT2D eigenvalue weighted by molar-refractivity contribution is 7.97. The van der Waals surface area contributed by atoms with E-state index in [2.05, 4.69) is 17.4 Å². The van der Waals surface area contributed by atoms with Crippen LogP contribution >= 0.6 is 11.9 Å². The van der Waals surface area contributed by atoms with Gasteiger partial charge in [-0.05, 0) is 77.4 Å². The minimum atomic E-state index is -2.50. The fraction of sp³-hybridized carbons (Fsp3) is 0.435. The molecular formula is C23H33F2N3OS. The normalized spacial score (nSPS) is 11.0. The van der Waals surface area contributed by atoms with Gasteiger partial charge in [0.1, 0.15) is 0 Å². The molecule has 0 radical (unpaired) electrons. The molecule has 2 aromatic carbocycles. The number of hydrogen-bond donors (Lipinski definition) is 3. The first-order valence-corrected chi connectivity index (χ1v) is 10.8. The largest absolute Gasteiger partial charge is 0.369 e. The van der Waals surface area contributed by atoms with E-state index in [1.165, 1.54) is 29.6 Å². The molecule has 0 aliphatic heterocycles. The summed E-state index contributed by atoms with van der Waals surface area (Å²) in [5.41, 5.74) is 8.96. The summed E-state index contributed by atoms with van der Waals surface area (Å²) in [6.45, 7) is 8.63. The Morgan fingerprint density at radius 3 is 1.87 bits per heavy atom. The first-order valence-electron chi connectivity index (χ1n) is 9.93. The van der Waals surface area contributed by atoms with Crippen molar-refractivity contribution < 1.29 is 13.6 Å². The standard InChI is InChI=1S/C15H21F2NO.C8H12N2S/c1-8(2)11-5-10(15(16)17)6-12(9(3)4)13(11)7-14(18)19;1-10-6-7-2-4-8(11-9)5-3-7/h5-6,8-9,15H,7H2,1-4H3,(H2,18,19);2-5,10H,6,9H2,1H3. The molecule has 0 fully saturated rings. The highest BCUT2D eigenvalue weighted by Crippen LogP contribution is 2.33.